The molecule has 9 nitrogen and oxygen atoms in total. The Balaban J connectivity index is 1.23. The van der Waals surface area contributed by atoms with Gasteiger partial charge in [-0.05, 0) is 28.8 Å². The molecule has 3 aromatic carbocycles. The van der Waals surface area contributed by atoms with E-state index in [9.17, 15) is 10.2 Å². The third-order valence-electron chi connectivity index (χ3n) is 6.59. The summed E-state index contributed by atoms with van der Waals surface area (Å²) in [6.07, 6.45) is 1.14. The van der Waals surface area contributed by atoms with Gasteiger partial charge < -0.3 is 24.7 Å². The van der Waals surface area contributed by atoms with Gasteiger partial charge in [0.05, 0.1) is 36.1 Å². The Morgan fingerprint density at radius 3 is 2.42 bits per heavy atom. The van der Waals surface area contributed by atoms with E-state index >= 15 is 8.78 Å². The van der Waals surface area contributed by atoms with Crippen molar-refractivity contribution in [2.45, 2.75) is 24.7 Å². The Hall–Kier alpha value is -4.19. The summed E-state index contributed by atoms with van der Waals surface area (Å²) in [6.45, 7) is -0.181. The summed E-state index contributed by atoms with van der Waals surface area (Å²) in [5, 5.41) is 23.3. The van der Waals surface area contributed by atoms with E-state index in [1.54, 1.807) is 35.3 Å². The number of fused-ring (bicyclic) bond motifs is 1. The minimum Gasteiger partial charge on any atom is -0.459 e. The molecule has 0 bridgehead atoms. The molecule has 5 aromatic rings. The van der Waals surface area contributed by atoms with Crippen LogP contribution >= 0.6 is 0 Å². The average molecular weight is 520 g/mol. The maximum atomic E-state index is 15.5. The molecule has 38 heavy (non-hydrogen) atoms. The highest BCUT2D eigenvalue weighted by atomic mass is 19.1. The highest BCUT2D eigenvalue weighted by molar-refractivity contribution is 5.84. The van der Waals surface area contributed by atoms with Crippen molar-refractivity contribution in [3.05, 3.63) is 78.9 Å². The van der Waals surface area contributed by atoms with Gasteiger partial charge in [-0.3, -0.25) is 0 Å². The zero-order valence-corrected chi connectivity index (χ0v) is 20.0. The van der Waals surface area contributed by atoms with Gasteiger partial charge in [-0.15, -0.1) is 0 Å². The third-order valence-corrected chi connectivity index (χ3v) is 6.59. The second-order valence-corrected chi connectivity index (χ2v) is 9.05. The Morgan fingerprint density at radius 1 is 1.05 bits per heavy atom. The van der Waals surface area contributed by atoms with Crippen molar-refractivity contribution < 1.29 is 28.5 Å². The van der Waals surface area contributed by atoms with Crippen molar-refractivity contribution in [2.24, 2.45) is 0 Å². The number of H-pyrrole nitrogens is 1. The van der Waals surface area contributed by atoms with Gasteiger partial charge in [0.1, 0.15) is 36.2 Å². The Bertz CT molecular complexity index is 1560. The van der Waals surface area contributed by atoms with Crippen LogP contribution in [-0.4, -0.2) is 66.5 Å². The lowest BCUT2D eigenvalue weighted by atomic mass is 9.99. The number of nitrogens with zero attached hydrogens (tertiary/aromatic N) is 4. The number of hydrogen-bond donors (Lipinski definition) is 3. The summed E-state index contributed by atoms with van der Waals surface area (Å²) < 4.78 is 43.3. The van der Waals surface area contributed by atoms with Crippen LogP contribution < -0.4 is 4.74 Å². The number of imidazole rings is 1. The van der Waals surface area contributed by atoms with Crippen molar-refractivity contribution in [1.29, 1.82) is 0 Å². The summed E-state index contributed by atoms with van der Waals surface area (Å²) >= 11 is 0. The van der Waals surface area contributed by atoms with Crippen LogP contribution in [0.4, 0.5) is 8.78 Å². The number of hydrogen-bond acceptors (Lipinski definition) is 7. The molecule has 11 heteroatoms. The van der Waals surface area contributed by atoms with Crippen molar-refractivity contribution in [2.75, 3.05) is 13.2 Å². The van der Waals surface area contributed by atoms with Gasteiger partial charge >= 0.3 is 0 Å². The Kier molecular flexibility index (Phi) is 6.32. The molecule has 1 saturated heterocycles. The molecule has 0 radical (unpaired) electrons. The van der Waals surface area contributed by atoms with E-state index in [0.29, 0.717) is 5.56 Å². The minimum absolute atomic E-state index is 0.0108. The summed E-state index contributed by atoms with van der Waals surface area (Å²) in [6, 6.07) is 15.8. The topological polar surface area (TPSA) is 118 Å². The third kappa shape index (κ3) is 4.51. The van der Waals surface area contributed by atoms with Crippen molar-refractivity contribution in [3.63, 3.8) is 0 Å². The monoisotopic (exact) mass is 519 g/mol. The predicted octanol–water partition coefficient (Wildman–Crippen LogP) is 3.65. The van der Waals surface area contributed by atoms with E-state index in [4.69, 9.17) is 9.47 Å². The number of benzene rings is 3. The van der Waals surface area contributed by atoms with Gasteiger partial charge in [-0.25, -0.2) is 18.4 Å². The Morgan fingerprint density at radius 2 is 1.76 bits per heavy atom. The lowest BCUT2D eigenvalue weighted by molar-refractivity contribution is -0.131. The summed E-state index contributed by atoms with van der Waals surface area (Å²) in [7, 11) is 0. The number of aromatic nitrogens is 5. The largest absolute Gasteiger partial charge is 0.459 e. The molecule has 1 aliphatic rings. The zero-order valence-electron chi connectivity index (χ0n) is 20.0. The highest BCUT2D eigenvalue weighted by Crippen LogP contribution is 2.34. The van der Waals surface area contributed by atoms with Gasteiger partial charge in [0.15, 0.2) is 5.82 Å². The number of rotatable bonds is 6. The first-order chi connectivity index (χ1) is 18.5. The van der Waals surface area contributed by atoms with Gasteiger partial charge in [-0.1, -0.05) is 36.4 Å². The molecule has 2 aromatic heterocycles. The lowest BCUT2D eigenvalue weighted by Crippen LogP contribution is -2.45. The van der Waals surface area contributed by atoms with Crippen LogP contribution in [0.5, 0.6) is 6.01 Å². The molecule has 0 saturated carbocycles. The quantitative estimate of drug-likeness (QED) is 0.313. The normalized spacial score (nSPS) is 19.6. The summed E-state index contributed by atoms with van der Waals surface area (Å²) in [5.74, 6) is -1.55. The summed E-state index contributed by atoms with van der Waals surface area (Å²) in [5.41, 5.74) is 2.96. The fourth-order valence-corrected chi connectivity index (χ4v) is 4.60. The van der Waals surface area contributed by atoms with E-state index in [-0.39, 0.29) is 42.2 Å². The first-order valence-corrected chi connectivity index (χ1v) is 12.0. The molecule has 0 aliphatic carbocycles. The van der Waals surface area contributed by atoms with Gasteiger partial charge in [0, 0.05) is 12.5 Å². The van der Waals surface area contributed by atoms with Crippen molar-refractivity contribution >= 4 is 11.0 Å². The number of ether oxygens (including phenoxy) is 2. The molecule has 3 unspecified atom stereocenters. The maximum Gasteiger partial charge on any atom is 0.295 e. The molecule has 6 rings (SSSR count). The molecule has 0 spiro atoms. The Labute approximate surface area is 215 Å². The predicted molar refractivity (Wildman–Crippen MR) is 134 cm³/mol. The van der Waals surface area contributed by atoms with E-state index in [0.717, 1.165) is 16.8 Å². The second-order valence-electron chi connectivity index (χ2n) is 9.05. The lowest BCUT2D eigenvalue weighted by Gasteiger charge is -2.31. The fourth-order valence-electron chi connectivity index (χ4n) is 4.60. The average Bonchev–Trinajstić information content (AvgIpc) is 3.60. The number of nitrogens with one attached hydrogen (secondary N) is 1. The number of aliphatic hydroxyl groups is 2. The molecule has 0 amide bonds. The first kappa shape index (κ1) is 24.2. The zero-order chi connectivity index (χ0) is 26.2. The number of halogens is 2. The minimum atomic E-state index is -0.904. The molecular formula is C27H23F2N5O4. The van der Waals surface area contributed by atoms with Gasteiger partial charge in [0.25, 0.3) is 6.01 Å². The van der Waals surface area contributed by atoms with E-state index in [1.165, 1.54) is 12.4 Å². The van der Waals surface area contributed by atoms with E-state index < -0.39 is 29.9 Å². The molecule has 1 aliphatic heterocycles. The SMILES string of the molecule is OCC1OCC(Oc2nc3c(F)c(-c4ccc(-c5ccc(-n6cncn6)cc5)cc4)c(F)cc3[nH]2)CC1O. The van der Waals surface area contributed by atoms with Gasteiger partial charge in [0.2, 0.25) is 0 Å². The first-order valence-electron chi connectivity index (χ1n) is 12.0. The summed E-state index contributed by atoms with van der Waals surface area (Å²) in [4.78, 5) is 10.9. The molecule has 1 fully saturated rings. The van der Waals surface area contributed by atoms with Crippen LogP contribution in [0.15, 0.2) is 67.3 Å². The van der Waals surface area contributed by atoms with Crippen LogP contribution in [0, 0.1) is 11.6 Å². The molecule has 194 valence electrons. The fraction of sp³-hybridized carbons (Fsp3) is 0.222. The van der Waals surface area contributed by atoms with Crippen LogP contribution in [0.3, 0.4) is 0 Å². The molecule has 3 heterocycles. The standard InChI is InChI=1S/C27H23F2N5O4/c28-20-10-21-26(33-27(32-21)38-19-9-22(36)23(11-35)37-12-19)25(29)24(20)17-3-1-15(2-4-17)16-5-7-18(8-6-16)34-14-30-13-31-34/h1-8,10,13-14,19,22-23,35-36H,9,11-12H2,(H,32,33). The van der Waals surface area contributed by atoms with E-state index in [1.807, 2.05) is 24.3 Å². The van der Waals surface area contributed by atoms with Crippen LogP contribution in [0.2, 0.25) is 0 Å². The number of aliphatic hydroxyl groups excluding tert-OH is 2. The molecule has 3 N–H and O–H groups in total. The second kappa shape index (κ2) is 9.93. The highest BCUT2D eigenvalue weighted by Gasteiger charge is 2.31. The van der Waals surface area contributed by atoms with Crippen molar-refractivity contribution in [3.8, 4) is 34.0 Å². The molecular weight excluding hydrogens is 496 g/mol. The maximum absolute atomic E-state index is 15.5. The molecule has 3 atom stereocenters. The van der Waals surface area contributed by atoms with Gasteiger partial charge in [-0.2, -0.15) is 10.1 Å². The van der Waals surface area contributed by atoms with Crippen LogP contribution in [0.1, 0.15) is 6.42 Å². The van der Waals surface area contributed by atoms with E-state index in [2.05, 4.69) is 20.1 Å². The van der Waals surface area contributed by atoms with Crippen molar-refractivity contribution in [1.82, 2.24) is 24.7 Å². The van der Waals surface area contributed by atoms with Crippen LogP contribution in [0.25, 0.3) is 39.0 Å². The number of aromatic amines is 1. The smallest absolute Gasteiger partial charge is 0.295 e. The van der Waals surface area contributed by atoms with Crippen LogP contribution in [-0.2, 0) is 4.74 Å².